The van der Waals surface area contributed by atoms with Gasteiger partial charge in [-0.05, 0) is 6.92 Å². The van der Waals surface area contributed by atoms with E-state index in [2.05, 4.69) is 0 Å². The minimum atomic E-state index is 0.0350. The summed E-state index contributed by atoms with van der Waals surface area (Å²) in [7, 11) is 0. The molecule has 0 atom stereocenters. The molecule has 0 N–H and O–H groups in total. The van der Waals surface area contributed by atoms with Crippen LogP contribution in [0.2, 0.25) is 0 Å². The van der Waals surface area contributed by atoms with Gasteiger partial charge in [0.05, 0.1) is 0 Å². The first kappa shape index (κ1) is 12.7. The third-order valence-electron chi connectivity index (χ3n) is 2.75. The fourth-order valence-electron chi connectivity index (χ4n) is 1.74. The number of carbonyl (C=O) groups excluding carboxylic acids is 2. The van der Waals surface area contributed by atoms with Gasteiger partial charge in [-0.15, -0.1) is 0 Å². The largest absolute Gasteiger partial charge is 0.295 e. The molecule has 17 heavy (non-hydrogen) atoms. The average molecular weight is 266 g/mol. The highest BCUT2D eigenvalue weighted by atomic mass is 32.2. The van der Waals surface area contributed by atoms with Crippen molar-refractivity contribution in [3.8, 4) is 0 Å². The van der Waals surface area contributed by atoms with Gasteiger partial charge in [0.15, 0.2) is 11.6 Å². The molecule has 2 rings (SSSR count). The van der Waals surface area contributed by atoms with Crippen LogP contribution in [0.25, 0.3) is 0 Å². The van der Waals surface area contributed by atoms with E-state index in [1.165, 1.54) is 6.92 Å². The van der Waals surface area contributed by atoms with Crippen LogP contribution in [0.4, 0.5) is 0 Å². The van der Waals surface area contributed by atoms with Crippen molar-refractivity contribution in [3.63, 3.8) is 0 Å². The van der Waals surface area contributed by atoms with E-state index >= 15 is 0 Å². The maximum absolute atomic E-state index is 12.2. The average Bonchev–Trinajstić information content (AvgIpc) is 2.39. The van der Waals surface area contributed by atoms with Gasteiger partial charge in [-0.25, -0.2) is 0 Å². The Balaban J connectivity index is 2.10. The lowest BCUT2D eigenvalue weighted by atomic mass is 9.99. The summed E-state index contributed by atoms with van der Waals surface area (Å²) in [6.07, 6.45) is 0. The minimum Gasteiger partial charge on any atom is -0.295 e. The fraction of sp³-hybridized carbons (Fsp3) is 0.385. The number of rotatable bonds is 3. The molecule has 4 heteroatoms. The van der Waals surface area contributed by atoms with Gasteiger partial charge in [-0.3, -0.25) is 9.59 Å². The zero-order chi connectivity index (χ0) is 12.3. The number of hydrogen-bond donors (Lipinski definition) is 0. The Hall–Kier alpha value is -0.740. The first-order valence-electron chi connectivity index (χ1n) is 5.49. The van der Waals surface area contributed by atoms with Gasteiger partial charge < -0.3 is 0 Å². The molecule has 0 spiro atoms. The van der Waals surface area contributed by atoms with Crippen LogP contribution in [0.1, 0.15) is 27.6 Å². The van der Waals surface area contributed by atoms with Crippen molar-refractivity contribution in [3.05, 3.63) is 35.4 Å². The van der Waals surface area contributed by atoms with Gasteiger partial charge in [0.2, 0.25) is 0 Å². The maximum Gasteiger partial charge on any atom is 0.167 e. The SMILES string of the molecule is CC(=O)c1ccc(C(=O)C2CSCSC2)cc1. The quantitative estimate of drug-likeness (QED) is 0.787. The minimum absolute atomic E-state index is 0.0350. The van der Waals surface area contributed by atoms with Crippen LogP contribution in [-0.4, -0.2) is 28.2 Å². The van der Waals surface area contributed by atoms with Crippen molar-refractivity contribution < 1.29 is 9.59 Å². The Morgan fingerprint density at radius 2 is 1.59 bits per heavy atom. The first-order valence-corrected chi connectivity index (χ1v) is 7.80. The molecule has 1 fully saturated rings. The second kappa shape index (κ2) is 5.74. The van der Waals surface area contributed by atoms with Gasteiger partial charge in [0.1, 0.15) is 0 Å². The summed E-state index contributed by atoms with van der Waals surface area (Å²) in [6.45, 7) is 1.53. The number of carbonyl (C=O) groups is 2. The Morgan fingerprint density at radius 3 is 2.12 bits per heavy atom. The van der Waals surface area contributed by atoms with E-state index in [9.17, 15) is 9.59 Å². The summed E-state index contributed by atoms with van der Waals surface area (Å²) in [5.74, 6) is 2.20. The molecule has 1 aliphatic rings. The third-order valence-corrected chi connectivity index (χ3v) is 5.36. The molecule has 1 saturated heterocycles. The number of Topliss-reactive ketones (excluding diaryl/α,β-unsaturated/α-hetero) is 2. The van der Waals surface area contributed by atoms with Gasteiger partial charge >= 0.3 is 0 Å². The fourth-order valence-corrected chi connectivity index (χ4v) is 4.24. The zero-order valence-corrected chi connectivity index (χ0v) is 11.3. The maximum atomic E-state index is 12.2. The molecular weight excluding hydrogens is 252 g/mol. The van der Waals surface area contributed by atoms with E-state index in [1.54, 1.807) is 24.3 Å². The summed E-state index contributed by atoms with van der Waals surface area (Å²) in [4.78, 5) is 23.3. The Morgan fingerprint density at radius 1 is 1.06 bits per heavy atom. The van der Waals surface area contributed by atoms with Gasteiger partial charge in [0, 0.05) is 33.6 Å². The highest BCUT2D eigenvalue weighted by molar-refractivity contribution is 8.16. The van der Waals surface area contributed by atoms with Crippen molar-refractivity contribution >= 4 is 35.1 Å². The number of hydrogen-bond acceptors (Lipinski definition) is 4. The summed E-state index contributed by atoms with van der Waals surface area (Å²) >= 11 is 3.64. The molecule has 0 saturated carbocycles. The zero-order valence-electron chi connectivity index (χ0n) is 9.64. The Bertz CT molecular complexity index is 420. The monoisotopic (exact) mass is 266 g/mol. The molecule has 0 amide bonds. The second-order valence-corrected chi connectivity index (χ2v) is 6.48. The molecular formula is C13H14O2S2. The van der Waals surface area contributed by atoms with E-state index in [0.717, 1.165) is 22.2 Å². The van der Waals surface area contributed by atoms with Gasteiger partial charge in [-0.2, -0.15) is 23.5 Å². The molecule has 0 bridgehead atoms. The van der Waals surface area contributed by atoms with Crippen molar-refractivity contribution in [2.75, 3.05) is 16.6 Å². The molecule has 0 unspecified atom stereocenters. The highest BCUT2D eigenvalue weighted by Crippen LogP contribution is 2.28. The lowest BCUT2D eigenvalue weighted by Crippen LogP contribution is -2.22. The topological polar surface area (TPSA) is 34.1 Å². The van der Waals surface area contributed by atoms with Crippen molar-refractivity contribution in [2.24, 2.45) is 5.92 Å². The van der Waals surface area contributed by atoms with E-state index in [4.69, 9.17) is 0 Å². The molecule has 1 aliphatic heterocycles. The number of thioether (sulfide) groups is 2. The van der Waals surface area contributed by atoms with Crippen molar-refractivity contribution in [1.29, 1.82) is 0 Å². The van der Waals surface area contributed by atoms with Crippen LogP contribution in [0.5, 0.6) is 0 Å². The van der Waals surface area contributed by atoms with Gasteiger partial charge in [0.25, 0.3) is 0 Å². The Kier molecular flexibility index (Phi) is 4.29. The van der Waals surface area contributed by atoms with Crippen LogP contribution in [0.15, 0.2) is 24.3 Å². The molecule has 90 valence electrons. The van der Waals surface area contributed by atoms with E-state index in [-0.39, 0.29) is 17.5 Å². The van der Waals surface area contributed by atoms with E-state index in [1.807, 2.05) is 23.5 Å². The van der Waals surface area contributed by atoms with Crippen LogP contribution in [-0.2, 0) is 0 Å². The molecule has 0 aliphatic carbocycles. The lowest BCUT2D eigenvalue weighted by Gasteiger charge is -2.19. The summed E-state index contributed by atoms with van der Waals surface area (Å²) in [6, 6.07) is 7.00. The van der Waals surface area contributed by atoms with Crippen LogP contribution < -0.4 is 0 Å². The molecule has 1 aromatic rings. The summed E-state index contributed by atoms with van der Waals surface area (Å²) in [5, 5.41) is 1.09. The first-order chi connectivity index (χ1) is 8.18. The Labute approximate surface area is 110 Å². The predicted molar refractivity (Wildman–Crippen MR) is 74.1 cm³/mol. The second-order valence-electron chi connectivity index (χ2n) is 4.05. The van der Waals surface area contributed by atoms with E-state index in [0.29, 0.717) is 5.56 Å². The molecule has 0 aromatic heterocycles. The molecule has 2 nitrogen and oxygen atoms in total. The lowest BCUT2D eigenvalue weighted by molar-refractivity contribution is 0.0942. The molecule has 0 radical (unpaired) electrons. The van der Waals surface area contributed by atoms with Crippen LogP contribution >= 0.6 is 23.5 Å². The molecule has 1 aromatic carbocycles. The van der Waals surface area contributed by atoms with Crippen molar-refractivity contribution in [2.45, 2.75) is 6.92 Å². The summed E-state index contributed by atoms with van der Waals surface area (Å²) in [5.41, 5.74) is 1.39. The highest BCUT2D eigenvalue weighted by Gasteiger charge is 2.22. The number of benzene rings is 1. The van der Waals surface area contributed by atoms with Crippen LogP contribution in [0, 0.1) is 5.92 Å². The third kappa shape index (κ3) is 3.13. The van der Waals surface area contributed by atoms with Gasteiger partial charge in [-0.1, -0.05) is 24.3 Å². The molecule has 1 heterocycles. The predicted octanol–water partition coefficient (Wildman–Crippen LogP) is 3.13. The summed E-state index contributed by atoms with van der Waals surface area (Å²) < 4.78 is 0. The van der Waals surface area contributed by atoms with Crippen molar-refractivity contribution in [1.82, 2.24) is 0 Å². The normalized spacial score (nSPS) is 16.8. The smallest absolute Gasteiger partial charge is 0.167 e. The standard InChI is InChI=1S/C13H14O2S2/c1-9(14)10-2-4-11(5-3-10)13(15)12-6-16-8-17-7-12/h2-5,12H,6-8H2,1H3. The van der Waals surface area contributed by atoms with E-state index < -0.39 is 0 Å². The number of ketones is 2. The van der Waals surface area contributed by atoms with Crippen LogP contribution in [0.3, 0.4) is 0 Å².